The fraction of sp³-hybridized carbons (Fsp3) is 0.389. The maximum atomic E-state index is 12.4. The molecule has 0 bridgehead atoms. The summed E-state index contributed by atoms with van der Waals surface area (Å²) in [6.45, 7) is 7.55. The van der Waals surface area contributed by atoms with Crippen molar-refractivity contribution < 1.29 is 9.59 Å². The Morgan fingerprint density at radius 3 is 2.64 bits per heavy atom. The third-order valence-corrected chi connectivity index (χ3v) is 3.66. The summed E-state index contributed by atoms with van der Waals surface area (Å²) in [7, 11) is 0. The van der Waals surface area contributed by atoms with Crippen LogP contribution in [0.4, 0.5) is 5.69 Å². The number of carbonyl (C=O) groups is 2. The fourth-order valence-electron chi connectivity index (χ4n) is 2.38. The Morgan fingerprint density at radius 1 is 1.32 bits per heavy atom. The average Bonchev–Trinajstić information content (AvgIpc) is 3.00. The molecular weight excluding hydrogens is 318 g/mol. The van der Waals surface area contributed by atoms with E-state index in [1.165, 1.54) is 0 Å². The Kier molecular flexibility index (Phi) is 5.58. The minimum absolute atomic E-state index is 0.178. The van der Waals surface area contributed by atoms with Gasteiger partial charge in [0.2, 0.25) is 5.91 Å². The number of rotatable bonds is 5. The normalized spacial score (nSPS) is 12.5. The molecule has 2 aromatic rings. The summed E-state index contributed by atoms with van der Waals surface area (Å²) in [4.78, 5) is 31.6. The predicted octanol–water partition coefficient (Wildman–Crippen LogP) is 1.75. The number of amides is 2. The average molecular weight is 343 g/mol. The summed E-state index contributed by atoms with van der Waals surface area (Å²) < 4.78 is 0. The maximum absolute atomic E-state index is 12.4. The lowest BCUT2D eigenvalue weighted by Crippen LogP contribution is -2.41. The van der Waals surface area contributed by atoms with Crippen molar-refractivity contribution in [3.63, 3.8) is 0 Å². The van der Waals surface area contributed by atoms with Crippen LogP contribution in [0.25, 0.3) is 0 Å². The summed E-state index contributed by atoms with van der Waals surface area (Å²) >= 11 is 0. The lowest BCUT2D eigenvalue weighted by molar-refractivity contribution is -0.117. The Morgan fingerprint density at radius 2 is 2.04 bits per heavy atom. The molecule has 0 fully saturated rings. The molecule has 7 heteroatoms. The molecule has 7 nitrogen and oxygen atoms in total. The zero-order chi connectivity index (χ0) is 18.6. The van der Waals surface area contributed by atoms with Crippen molar-refractivity contribution in [1.82, 2.24) is 15.3 Å². The molecule has 1 heterocycles. The van der Waals surface area contributed by atoms with Gasteiger partial charge in [0.1, 0.15) is 0 Å². The van der Waals surface area contributed by atoms with Crippen molar-refractivity contribution in [2.45, 2.75) is 45.7 Å². The molecule has 0 aliphatic rings. The first kappa shape index (κ1) is 18.7. The zero-order valence-corrected chi connectivity index (χ0v) is 15.0. The smallest absolute Gasteiger partial charge is 0.252 e. The summed E-state index contributed by atoms with van der Waals surface area (Å²) in [6.07, 6.45) is 3.53. The monoisotopic (exact) mass is 343 g/mol. The SMILES string of the molecule is Cc1c(NC(=O)[C@@H](N)Cc2cnc[nH]2)cccc1C(=O)NC(C)(C)C. The van der Waals surface area contributed by atoms with Gasteiger partial charge in [0, 0.05) is 35.1 Å². The van der Waals surface area contributed by atoms with Gasteiger partial charge in [0.05, 0.1) is 12.4 Å². The number of aromatic amines is 1. The molecule has 0 aliphatic carbocycles. The van der Waals surface area contributed by atoms with E-state index in [1.807, 2.05) is 20.8 Å². The zero-order valence-electron chi connectivity index (χ0n) is 15.0. The molecule has 0 saturated carbocycles. The molecule has 1 atom stereocenters. The standard InChI is InChI=1S/C18H25N5O2/c1-11-13(16(24)23-18(2,3)4)6-5-7-15(11)22-17(25)14(19)8-12-9-20-10-21-12/h5-7,9-10,14H,8,19H2,1-4H3,(H,20,21)(H,22,25)(H,23,24)/t14-/m0/s1. The van der Waals surface area contributed by atoms with Crippen molar-refractivity contribution in [3.8, 4) is 0 Å². The molecule has 134 valence electrons. The van der Waals surface area contributed by atoms with E-state index in [-0.39, 0.29) is 17.4 Å². The first-order valence-electron chi connectivity index (χ1n) is 8.13. The van der Waals surface area contributed by atoms with Gasteiger partial charge in [-0.2, -0.15) is 0 Å². The topological polar surface area (TPSA) is 113 Å². The minimum Gasteiger partial charge on any atom is -0.348 e. The van der Waals surface area contributed by atoms with Gasteiger partial charge >= 0.3 is 0 Å². The van der Waals surface area contributed by atoms with Crippen molar-refractivity contribution >= 4 is 17.5 Å². The van der Waals surface area contributed by atoms with Crippen LogP contribution in [0.1, 0.15) is 42.4 Å². The number of hydrogen-bond acceptors (Lipinski definition) is 4. The van der Waals surface area contributed by atoms with Gasteiger partial charge in [-0.25, -0.2) is 4.98 Å². The summed E-state index contributed by atoms with van der Waals surface area (Å²) in [5, 5.41) is 5.72. The number of H-pyrrole nitrogens is 1. The number of nitrogens with two attached hydrogens (primary N) is 1. The van der Waals surface area contributed by atoms with Gasteiger partial charge in [0.15, 0.2) is 0 Å². The van der Waals surface area contributed by atoms with Crippen molar-refractivity contribution in [2.75, 3.05) is 5.32 Å². The van der Waals surface area contributed by atoms with E-state index in [0.717, 1.165) is 5.69 Å². The number of nitrogens with one attached hydrogen (secondary N) is 3. The lowest BCUT2D eigenvalue weighted by Gasteiger charge is -2.22. The van der Waals surface area contributed by atoms with E-state index in [9.17, 15) is 9.59 Å². The first-order valence-corrected chi connectivity index (χ1v) is 8.13. The van der Waals surface area contributed by atoms with Crippen LogP contribution in [0.3, 0.4) is 0 Å². The van der Waals surface area contributed by atoms with Crippen LogP contribution in [-0.4, -0.2) is 33.4 Å². The van der Waals surface area contributed by atoms with Crippen LogP contribution in [0, 0.1) is 6.92 Å². The quantitative estimate of drug-likeness (QED) is 0.662. The molecule has 2 rings (SSSR count). The molecule has 0 aliphatic heterocycles. The fourth-order valence-corrected chi connectivity index (χ4v) is 2.38. The van der Waals surface area contributed by atoms with Gasteiger partial charge in [-0.05, 0) is 45.4 Å². The largest absolute Gasteiger partial charge is 0.348 e. The number of hydrogen-bond donors (Lipinski definition) is 4. The van der Waals surface area contributed by atoms with Gasteiger partial charge in [-0.3, -0.25) is 9.59 Å². The second kappa shape index (κ2) is 7.48. The Balaban J connectivity index is 2.10. The molecule has 0 saturated heterocycles. The number of aromatic nitrogens is 2. The predicted molar refractivity (Wildman–Crippen MR) is 97.3 cm³/mol. The van der Waals surface area contributed by atoms with Crippen LogP contribution in [0.5, 0.6) is 0 Å². The summed E-state index contributed by atoms with van der Waals surface area (Å²) in [5.74, 6) is -0.492. The molecule has 0 radical (unpaired) electrons. The van der Waals surface area contributed by atoms with E-state index in [4.69, 9.17) is 5.73 Å². The molecule has 0 unspecified atom stereocenters. The molecule has 0 spiro atoms. The van der Waals surface area contributed by atoms with Crippen molar-refractivity contribution in [1.29, 1.82) is 0 Å². The Labute approximate surface area is 147 Å². The second-order valence-electron chi connectivity index (χ2n) is 7.06. The molecule has 1 aromatic carbocycles. The number of anilines is 1. The third-order valence-electron chi connectivity index (χ3n) is 3.66. The van der Waals surface area contributed by atoms with Crippen LogP contribution < -0.4 is 16.4 Å². The van der Waals surface area contributed by atoms with E-state index in [2.05, 4.69) is 20.6 Å². The van der Waals surface area contributed by atoms with Crippen LogP contribution in [0.2, 0.25) is 0 Å². The van der Waals surface area contributed by atoms with E-state index >= 15 is 0 Å². The van der Waals surface area contributed by atoms with Gasteiger partial charge in [-0.15, -0.1) is 0 Å². The molecular formula is C18H25N5O2. The first-order chi connectivity index (χ1) is 11.7. The number of carbonyl (C=O) groups excluding carboxylic acids is 2. The van der Waals surface area contributed by atoms with Crippen LogP contribution >= 0.6 is 0 Å². The maximum Gasteiger partial charge on any atom is 0.252 e. The van der Waals surface area contributed by atoms with Crippen molar-refractivity contribution in [2.24, 2.45) is 5.73 Å². The van der Waals surface area contributed by atoms with Gasteiger partial charge < -0.3 is 21.4 Å². The Bertz CT molecular complexity index is 747. The number of benzene rings is 1. The van der Waals surface area contributed by atoms with Gasteiger partial charge in [-0.1, -0.05) is 6.07 Å². The summed E-state index contributed by atoms with van der Waals surface area (Å²) in [6, 6.07) is 4.51. The highest BCUT2D eigenvalue weighted by molar-refractivity contribution is 6.00. The highest BCUT2D eigenvalue weighted by atomic mass is 16.2. The Hall–Kier alpha value is -2.67. The van der Waals surface area contributed by atoms with Gasteiger partial charge in [0.25, 0.3) is 5.91 Å². The van der Waals surface area contributed by atoms with E-state index in [0.29, 0.717) is 23.2 Å². The summed E-state index contributed by atoms with van der Waals surface area (Å²) in [5.41, 5.74) is 8.20. The third kappa shape index (κ3) is 5.15. The number of nitrogens with zero attached hydrogens (tertiary/aromatic N) is 1. The highest BCUT2D eigenvalue weighted by Crippen LogP contribution is 2.20. The highest BCUT2D eigenvalue weighted by Gasteiger charge is 2.20. The van der Waals surface area contributed by atoms with E-state index < -0.39 is 6.04 Å². The molecule has 2 amide bonds. The molecule has 1 aromatic heterocycles. The number of imidazole rings is 1. The lowest BCUT2D eigenvalue weighted by atomic mass is 10.0. The molecule has 25 heavy (non-hydrogen) atoms. The van der Waals surface area contributed by atoms with Crippen LogP contribution in [-0.2, 0) is 11.2 Å². The van der Waals surface area contributed by atoms with Crippen molar-refractivity contribution in [3.05, 3.63) is 47.5 Å². The minimum atomic E-state index is -0.716. The molecule has 5 N–H and O–H groups in total. The second-order valence-corrected chi connectivity index (χ2v) is 7.06. The van der Waals surface area contributed by atoms with Crippen LogP contribution in [0.15, 0.2) is 30.7 Å². The van der Waals surface area contributed by atoms with E-state index in [1.54, 1.807) is 37.6 Å².